The van der Waals surface area contributed by atoms with E-state index >= 15 is 0 Å². The molecular formula is C14H22N6O2. The summed E-state index contributed by atoms with van der Waals surface area (Å²) in [5.74, 6) is 2.03. The third-order valence-electron chi connectivity index (χ3n) is 3.17. The third-order valence-corrected chi connectivity index (χ3v) is 3.17. The Labute approximate surface area is 129 Å². The van der Waals surface area contributed by atoms with Crippen molar-refractivity contribution in [3.63, 3.8) is 0 Å². The number of aliphatic imine (C=N–C) groups is 1. The molecule has 0 aromatic carbocycles. The van der Waals surface area contributed by atoms with Gasteiger partial charge in [0.1, 0.15) is 24.0 Å². The summed E-state index contributed by atoms with van der Waals surface area (Å²) in [5, 5.41) is 17.3. The number of hydrogen-bond acceptors (Lipinski definition) is 5. The van der Waals surface area contributed by atoms with Crippen LogP contribution in [0, 0.1) is 0 Å². The van der Waals surface area contributed by atoms with E-state index in [0.717, 1.165) is 12.4 Å². The van der Waals surface area contributed by atoms with Crippen LogP contribution in [0.2, 0.25) is 0 Å². The standard InChI is InChI=1S/C14H22N6O2/c1-4-15-14(16-8-11(21)12-6-5-7-22-12)19(2)9-13-17-10-18-20(13)3/h5-7,10-11,21H,4,8-9H2,1-3H3,(H,15,16). The molecule has 0 fully saturated rings. The predicted molar refractivity (Wildman–Crippen MR) is 82.1 cm³/mol. The normalized spacial score (nSPS) is 13.2. The highest BCUT2D eigenvalue weighted by molar-refractivity contribution is 5.79. The first kappa shape index (κ1) is 16.0. The molecule has 2 N–H and O–H groups in total. The van der Waals surface area contributed by atoms with Crippen molar-refractivity contribution < 1.29 is 9.52 Å². The van der Waals surface area contributed by atoms with E-state index in [0.29, 0.717) is 18.3 Å². The predicted octanol–water partition coefficient (Wildman–Crippen LogP) is 0.539. The van der Waals surface area contributed by atoms with Crippen LogP contribution in [0.15, 0.2) is 34.1 Å². The Morgan fingerprint density at radius 1 is 1.59 bits per heavy atom. The first-order valence-electron chi connectivity index (χ1n) is 7.15. The monoisotopic (exact) mass is 306 g/mol. The molecule has 0 saturated carbocycles. The largest absolute Gasteiger partial charge is 0.467 e. The van der Waals surface area contributed by atoms with Gasteiger partial charge in [-0.25, -0.2) is 9.98 Å². The van der Waals surface area contributed by atoms with Crippen molar-refractivity contribution in [2.24, 2.45) is 12.0 Å². The van der Waals surface area contributed by atoms with Crippen molar-refractivity contribution >= 4 is 5.96 Å². The summed E-state index contributed by atoms with van der Waals surface area (Å²) in [6.45, 7) is 3.52. The third kappa shape index (κ3) is 4.08. The number of furan rings is 1. The van der Waals surface area contributed by atoms with Crippen LogP contribution in [0.5, 0.6) is 0 Å². The van der Waals surface area contributed by atoms with E-state index in [2.05, 4.69) is 20.4 Å². The van der Waals surface area contributed by atoms with Crippen molar-refractivity contribution in [1.82, 2.24) is 25.0 Å². The number of nitrogens with one attached hydrogen (secondary N) is 1. The molecular weight excluding hydrogens is 284 g/mol. The number of aromatic nitrogens is 3. The molecule has 8 heteroatoms. The lowest BCUT2D eigenvalue weighted by atomic mass is 10.3. The van der Waals surface area contributed by atoms with Crippen molar-refractivity contribution in [3.05, 3.63) is 36.3 Å². The molecule has 0 saturated heterocycles. The molecule has 8 nitrogen and oxygen atoms in total. The van der Waals surface area contributed by atoms with Gasteiger partial charge in [-0.1, -0.05) is 0 Å². The molecule has 0 radical (unpaired) electrons. The Morgan fingerprint density at radius 3 is 3.00 bits per heavy atom. The van der Waals surface area contributed by atoms with Crippen molar-refractivity contribution in [2.75, 3.05) is 20.1 Å². The lowest BCUT2D eigenvalue weighted by Crippen LogP contribution is -2.39. The van der Waals surface area contributed by atoms with Crippen LogP contribution in [0.25, 0.3) is 0 Å². The van der Waals surface area contributed by atoms with Gasteiger partial charge >= 0.3 is 0 Å². The van der Waals surface area contributed by atoms with Gasteiger partial charge in [0.15, 0.2) is 5.96 Å². The number of hydrogen-bond donors (Lipinski definition) is 2. The number of aliphatic hydroxyl groups is 1. The topological polar surface area (TPSA) is 91.7 Å². The summed E-state index contributed by atoms with van der Waals surface area (Å²) in [5.41, 5.74) is 0. The van der Waals surface area contributed by atoms with Gasteiger partial charge in [-0.05, 0) is 19.1 Å². The van der Waals surface area contributed by atoms with Gasteiger partial charge in [0.2, 0.25) is 0 Å². The average Bonchev–Trinajstić information content (AvgIpc) is 3.15. The van der Waals surface area contributed by atoms with Gasteiger partial charge in [0.05, 0.1) is 19.4 Å². The highest BCUT2D eigenvalue weighted by Crippen LogP contribution is 2.13. The highest BCUT2D eigenvalue weighted by Gasteiger charge is 2.13. The molecule has 0 bridgehead atoms. The molecule has 2 rings (SSSR count). The maximum absolute atomic E-state index is 10.0. The second-order valence-electron chi connectivity index (χ2n) is 4.88. The van der Waals surface area contributed by atoms with Crippen LogP contribution in [-0.2, 0) is 13.6 Å². The van der Waals surface area contributed by atoms with E-state index in [1.165, 1.54) is 12.6 Å². The quantitative estimate of drug-likeness (QED) is 0.598. The van der Waals surface area contributed by atoms with E-state index in [4.69, 9.17) is 4.42 Å². The molecule has 120 valence electrons. The van der Waals surface area contributed by atoms with Crippen LogP contribution in [0.1, 0.15) is 24.6 Å². The van der Waals surface area contributed by atoms with Gasteiger partial charge < -0.3 is 19.7 Å². The zero-order valence-electron chi connectivity index (χ0n) is 13.1. The molecule has 2 heterocycles. The van der Waals surface area contributed by atoms with Gasteiger partial charge in [-0.2, -0.15) is 5.10 Å². The Bertz CT molecular complexity index is 592. The van der Waals surface area contributed by atoms with Crippen LogP contribution in [0.3, 0.4) is 0 Å². The first-order valence-corrected chi connectivity index (χ1v) is 7.15. The fourth-order valence-corrected chi connectivity index (χ4v) is 1.96. The second-order valence-corrected chi connectivity index (χ2v) is 4.88. The van der Waals surface area contributed by atoms with Gasteiger partial charge in [-0.15, -0.1) is 0 Å². The molecule has 0 spiro atoms. The van der Waals surface area contributed by atoms with E-state index in [9.17, 15) is 5.11 Å². The summed E-state index contributed by atoms with van der Waals surface area (Å²) < 4.78 is 6.89. The summed E-state index contributed by atoms with van der Waals surface area (Å²) in [7, 11) is 3.76. The molecule has 1 atom stereocenters. The van der Waals surface area contributed by atoms with E-state index in [-0.39, 0.29) is 6.54 Å². The maximum atomic E-state index is 10.0. The highest BCUT2D eigenvalue weighted by atomic mass is 16.4. The average molecular weight is 306 g/mol. The number of guanidine groups is 1. The second kappa shape index (κ2) is 7.60. The lowest BCUT2D eigenvalue weighted by Gasteiger charge is -2.21. The lowest BCUT2D eigenvalue weighted by molar-refractivity contribution is 0.158. The Hall–Kier alpha value is -2.35. The number of aryl methyl sites for hydroxylation is 1. The fourth-order valence-electron chi connectivity index (χ4n) is 1.96. The van der Waals surface area contributed by atoms with Crippen molar-refractivity contribution in [2.45, 2.75) is 19.6 Å². The molecule has 0 aliphatic carbocycles. The van der Waals surface area contributed by atoms with Crippen molar-refractivity contribution in [1.29, 1.82) is 0 Å². The molecule has 0 aliphatic rings. The summed E-state index contributed by atoms with van der Waals surface area (Å²) in [4.78, 5) is 10.6. The zero-order chi connectivity index (χ0) is 15.9. The number of aliphatic hydroxyl groups excluding tert-OH is 1. The van der Waals surface area contributed by atoms with Crippen LogP contribution in [-0.4, -0.2) is 50.9 Å². The van der Waals surface area contributed by atoms with Crippen LogP contribution >= 0.6 is 0 Å². The minimum Gasteiger partial charge on any atom is -0.467 e. The van der Waals surface area contributed by atoms with E-state index in [1.807, 2.05) is 25.9 Å². The summed E-state index contributed by atoms with van der Waals surface area (Å²) >= 11 is 0. The Kier molecular flexibility index (Phi) is 5.54. The first-order chi connectivity index (χ1) is 10.6. The van der Waals surface area contributed by atoms with Gasteiger partial charge in [-0.3, -0.25) is 4.68 Å². The molecule has 0 aliphatic heterocycles. The Morgan fingerprint density at radius 2 is 2.41 bits per heavy atom. The van der Waals surface area contributed by atoms with Gasteiger partial charge in [0, 0.05) is 20.6 Å². The smallest absolute Gasteiger partial charge is 0.194 e. The van der Waals surface area contributed by atoms with Crippen LogP contribution < -0.4 is 5.32 Å². The van der Waals surface area contributed by atoms with E-state index < -0.39 is 6.10 Å². The zero-order valence-corrected chi connectivity index (χ0v) is 13.1. The molecule has 0 amide bonds. The molecule has 1 unspecified atom stereocenters. The van der Waals surface area contributed by atoms with E-state index in [1.54, 1.807) is 16.8 Å². The van der Waals surface area contributed by atoms with Crippen LogP contribution in [0.4, 0.5) is 0 Å². The molecule has 2 aromatic rings. The number of nitrogens with zero attached hydrogens (tertiary/aromatic N) is 5. The molecule has 2 aromatic heterocycles. The maximum Gasteiger partial charge on any atom is 0.194 e. The number of rotatable bonds is 6. The minimum atomic E-state index is -0.758. The summed E-state index contributed by atoms with van der Waals surface area (Å²) in [6.07, 6.45) is 2.30. The fraction of sp³-hybridized carbons (Fsp3) is 0.500. The van der Waals surface area contributed by atoms with Gasteiger partial charge in [0.25, 0.3) is 0 Å². The SMILES string of the molecule is CCNC(=NCC(O)c1ccco1)N(C)Cc1ncnn1C. The molecule has 22 heavy (non-hydrogen) atoms. The Balaban J connectivity index is 2.01. The summed E-state index contributed by atoms with van der Waals surface area (Å²) in [6, 6.07) is 3.48. The minimum absolute atomic E-state index is 0.221. The van der Waals surface area contributed by atoms with Crippen molar-refractivity contribution in [3.8, 4) is 0 Å².